The zero-order chi connectivity index (χ0) is 24.0. The Kier molecular flexibility index (Phi) is 6.53. The van der Waals surface area contributed by atoms with E-state index in [1.54, 1.807) is 10.9 Å². The average Bonchev–Trinajstić information content (AvgIpc) is 3.46. The Hall–Kier alpha value is -1.86. The lowest BCUT2D eigenvalue weighted by molar-refractivity contribution is -0.0265. The molecule has 0 bridgehead atoms. The summed E-state index contributed by atoms with van der Waals surface area (Å²) in [6.07, 6.45) is 2.76. The van der Waals surface area contributed by atoms with E-state index in [4.69, 9.17) is 47.4 Å². The van der Waals surface area contributed by atoms with Crippen molar-refractivity contribution in [3.05, 3.63) is 46.8 Å². The minimum absolute atomic E-state index is 0.0608. The molecule has 4 heterocycles. The highest BCUT2D eigenvalue weighted by molar-refractivity contribution is 8.07. The molecule has 2 fully saturated rings. The van der Waals surface area contributed by atoms with E-state index >= 15 is 0 Å². The van der Waals surface area contributed by atoms with E-state index in [1.165, 1.54) is 6.33 Å². The molecular weight excluding hydrogens is 518 g/mol. The third kappa shape index (κ3) is 4.41. The number of nitrogens with two attached hydrogens (primary N) is 1. The number of halogens is 4. The third-order valence-electron chi connectivity index (χ3n) is 5.56. The second-order valence-electron chi connectivity index (χ2n) is 7.72. The van der Waals surface area contributed by atoms with Gasteiger partial charge in [-0.3, -0.25) is 4.57 Å². The van der Waals surface area contributed by atoms with Crippen LogP contribution in [0.2, 0.25) is 5.02 Å². The summed E-state index contributed by atoms with van der Waals surface area (Å²) >= 11 is 11.0. The summed E-state index contributed by atoms with van der Waals surface area (Å²) in [6.45, 7) is -3.15. The Morgan fingerprint density at radius 1 is 1.21 bits per heavy atom. The number of ether oxygens (including phenoxy) is 1. The van der Waals surface area contributed by atoms with Crippen LogP contribution in [0.5, 0.6) is 0 Å². The standard InChI is InChI=1S/C19H18ClF3N5O4PS/c20-14-15(22)10(5-11(21)16(14)23)12-3-4-29-33(34,32-12)30-6-9-1-2-13(31-9)28-8-27-17-18(24)25-7-26-19(17)28/h5,7-9,12-13H,1-4,6H2,(H2,24,25,26)/t9-,12?,13+,33?/m0/s1. The van der Waals surface area contributed by atoms with Crippen LogP contribution in [0.1, 0.15) is 37.2 Å². The number of imidazole rings is 1. The van der Waals surface area contributed by atoms with Crippen LogP contribution in [0.3, 0.4) is 0 Å². The quantitative estimate of drug-likeness (QED) is 0.285. The molecule has 2 aliphatic heterocycles. The van der Waals surface area contributed by atoms with E-state index in [0.29, 0.717) is 30.1 Å². The minimum atomic E-state index is -3.30. The largest absolute Gasteiger partial charge is 0.382 e. The lowest BCUT2D eigenvalue weighted by Crippen LogP contribution is -2.21. The summed E-state index contributed by atoms with van der Waals surface area (Å²) in [6, 6.07) is 0.711. The number of anilines is 1. The van der Waals surface area contributed by atoms with E-state index in [-0.39, 0.29) is 43.3 Å². The van der Waals surface area contributed by atoms with Gasteiger partial charge >= 0.3 is 6.72 Å². The molecular formula is C19H18ClF3N5O4PS. The van der Waals surface area contributed by atoms with Gasteiger partial charge in [-0.25, -0.2) is 28.1 Å². The van der Waals surface area contributed by atoms with E-state index in [1.807, 2.05) is 0 Å². The van der Waals surface area contributed by atoms with Gasteiger partial charge in [-0.1, -0.05) is 11.6 Å². The van der Waals surface area contributed by atoms with Crippen molar-refractivity contribution in [2.75, 3.05) is 18.9 Å². The molecule has 34 heavy (non-hydrogen) atoms. The van der Waals surface area contributed by atoms with Crippen molar-refractivity contribution in [3.63, 3.8) is 0 Å². The summed E-state index contributed by atoms with van der Waals surface area (Å²) in [7, 11) is 0. The third-order valence-corrected chi connectivity index (χ3v) is 8.26. The summed E-state index contributed by atoms with van der Waals surface area (Å²) < 4.78 is 66.6. The number of nitrogen functional groups attached to an aromatic ring is 1. The van der Waals surface area contributed by atoms with E-state index < -0.39 is 35.3 Å². The first kappa shape index (κ1) is 23.9. The maximum absolute atomic E-state index is 14.5. The number of aromatic nitrogens is 4. The van der Waals surface area contributed by atoms with Crippen molar-refractivity contribution in [3.8, 4) is 0 Å². The fraction of sp³-hybridized carbons (Fsp3) is 0.421. The fourth-order valence-electron chi connectivity index (χ4n) is 3.89. The van der Waals surface area contributed by atoms with Crippen LogP contribution in [-0.4, -0.2) is 38.8 Å². The zero-order valence-electron chi connectivity index (χ0n) is 17.4. The highest BCUT2D eigenvalue weighted by Crippen LogP contribution is 2.58. The molecule has 2 saturated heterocycles. The van der Waals surface area contributed by atoms with Crippen LogP contribution >= 0.6 is 18.3 Å². The van der Waals surface area contributed by atoms with Gasteiger partial charge in [-0.05, 0) is 30.7 Å². The molecule has 3 aromatic rings. The van der Waals surface area contributed by atoms with E-state index in [0.717, 1.165) is 0 Å². The Labute approximate surface area is 201 Å². The van der Waals surface area contributed by atoms with Gasteiger partial charge < -0.3 is 24.0 Å². The molecule has 1 aromatic carbocycles. The molecule has 0 saturated carbocycles. The highest BCUT2D eigenvalue weighted by atomic mass is 35.5. The van der Waals surface area contributed by atoms with Crippen molar-refractivity contribution in [1.29, 1.82) is 0 Å². The molecule has 0 amide bonds. The molecule has 2 aromatic heterocycles. The Bertz CT molecular complexity index is 1300. The molecule has 15 heteroatoms. The van der Waals surface area contributed by atoms with Gasteiger partial charge in [0.05, 0.1) is 31.7 Å². The fourth-order valence-corrected chi connectivity index (χ4v) is 6.21. The molecule has 4 atom stereocenters. The lowest BCUT2D eigenvalue weighted by atomic mass is 10.1. The van der Waals surface area contributed by atoms with Crippen molar-refractivity contribution >= 4 is 47.1 Å². The molecule has 2 N–H and O–H groups in total. The molecule has 0 radical (unpaired) electrons. The van der Waals surface area contributed by atoms with Gasteiger partial charge in [0.1, 0.15) is 23.1 Å². The molecule has 9 nitrogen and oxygen atoms in total. The summed E-state index contributed by atoms with van der Waals surface area (Å²) in [5, 5.41) is -0.941. The Morgan fingerprint density at radius 3 is 2.85 bits per heavy atom. The molecule has 0 spiro atoms. The number of rotatable bonds is 5. The number of fused-ring (bicyclic) bond motifs is 1. The topological polar surface area (TPSA) is 107 Å². The monoisotopic (exact) mass is 535 g/mol. The van der Waals surface area contributed by atoms with Gasteiger partial charge in [-0.2, -0.15) is 0 Å². The van der Waals surface area contributed by atoms with Crippen molar-refractivity contribution in [2.45, 2.75) is 37.7 Å². The first-order valence-corrected chi connectivity index (χ1v) is 13.2. The van der Waals surface area contributed by atoms with Crippen LogP contribution in [0.15, 0.2) is 18.7 Å². The highest BCUT2D eigenvalue weighted by Gasteiger charge is 2.37. The number of nitrogens with zero attached hydrogens (tertiary/aromatic N) is 4. The summed E-state index contributed by atoms with van der Waals surface area (Å²) in [5.74, 6) is -3.57. The number of hydrogen-bond donors (Lipinski definition) is 1. The predicted molar refractivity (Wildman–Crippen MR) is 119 cm³/mol. The van der Waals surface area contributed by atoms with Gasteiger partial charge in [-0.15, -0.1) is 0 Å². The molecule has 182 valence electrons. The SMILES string of the molecule is Nc1ncnc2c1ncn2[C@H]1CC[C@@H](COP2(=S)OCCC(c3cc(F)c(F)c(Cl)c3F)O2)O1. The van der Waals surface area contributed by atoms with E-state index in [9.17, 15) is 13.2 Å². The predicted octanol–water partition coefficient (Wildman–Crippen LogP) is 4.58. The lowest BCUT2D eigenvalue weighted by Gasteiger charge is -2.32. The molecule has 5 rings (SSSR count). The summed E-state index contributed by atoms with van der Waals surface area (Å²) in [5.41, 5.74) is 6.64. The van der Waals surface area contributed by atoms with Crippen molar-refractivity contribution in [2.24, 2.45) is 0 Å². The Morgan fingerprint density at radius 2 is 2.03 bits per heavy atom. The first-order chi connectivity index (χ1) is 16.3. The first-order valence-electron chi connectivity index (χ1n) is 10.2. The second-order valence-corrected chi connectivity index (χ2v) is 11.1. The number of benzene rings is 1. The average molecular weight is 536 g/mol. The van der Waals surface area contributed by atoms with Crippen LogP contribution in [-0.2, 0) is 30.1 Å². The van der Waals surface area contributed by atoms with Crippen LogP contribution in [0.25, 0.3) is 11.2 Å². The minimum Gasteiger partial charge on any atom is -0.382 e. The van der Waals surface area contributed by atoms with Crippen molar-refractivity contribution in [1.82, 2.24) is 19.5 Å². The molecule has 2 unspecified atom stereocenters. The van der Waals surface area contributed by atoms with E-state index in [2.05, 4.69) is 15.0 Å². The van der Waals surface area contributed by atoms with Gasteiger partial charge in [0.2, 0.25) is 0 Å². The van der Waals surface area contributed by atoms with Gasteiger partial charge in [0.25, 0.3) is 0 Å². The van der Waals surface area contributed by atoms with Gasteiger partial charge in [0, 0.05) is 12.0 Å². The second kappa shape index (κ2) is 9.30. The molecule has 2 aliphatic rings. The molecule has 0 aliphatic carbocycles. The maximum atomic E-state index is 14.5. The van der Waals surface area contributed by atoms with Gasteiger partial charge in [0.15, 0.2) is 28.9 Å². The summed E-state index contributed by atoms with van der Waals surface area (Å²) in [4.78, 5) is 12.4. The zero-order valence-corrected chi connectivity index (χ0v) is 19.8. The van der Waals surface area contributed by atoms with Crippen LogP contribution in [0.4, 0.5) is 19.0 Å². The van der Waals surface area contributed by atoms with Crippen LogP contribution in [0, 0.1) is 17.5 Å². The normalized spacial score (nSPS) is 27.5. The van der Waals surface area contributed by atoms with Crippen LogP contribution < -0.4 is 5.73 Å². The van der Waals surface area contributed by atoms with Crippen molar-refractivity contribution < 1.29 is 31.5 Å². The smallest absolute Gasteiger partial charge is 0.327 e. The Balaban J connectivity index is 1.24. The number of hydrogen-bond acceptors (Lipinski definition) is 9. The maximum Gasteiger partial charge on any atom is 0.327 e.